The summed E-state index contributed by atoms with van der Waals surface area (Å²) in [5.41, 5.74) is -3.72. The van der Waals surface area contributed by atoms with Gasteiger partial charge in [0.25, 0.3) is 0 Å². The van der Waals surface area contributed by atoms with Crippen molar-refractivity contribution in [2.24, 2.45) is 0 Å². The van der Waals surface area contributed by atoms with E-state index in [4.69, 9.17) is 4.74 Å². The number of aromatic carboxylic acids is 1. The molecule has 0 unspecified atom stereocenters. The number of morpholine rings is 1. The number of benzene rings is 1. The van der Waals surface area contributed by atoms with Gasteiger partial charge in [0.2, 0.25) is 5.69 Å². The minimum atomic E-state index is -4.99. The van der Waals surface area contributed by atoms with Crippen LogP contribution in [0.15, 0.2) is 18.2 Å². The van der Waals surface area contributed by atoms with Gasteiger partial charge in [-0.2, -0.15) is 26.3 Å². The molecular weight excluding hydrogens is 410 g/mol. The van der Waals surface area contributed by atoms with E-state index in [0.717, 1.165) is 4.68 Å². The fourth-order valence-electron chi connectivity index (χ4n) is 2.92. The zero-order valence-corrected chi connectivity index (χ0v) is 14.6. The van der Waals surface area contributed by atoms with Crippen molar-refractivity contribution in [3.8, 4) is 0 Å². The number of carboxylic acid groups (broad SMARTS) is 1. The van der Waals surface area contributed by atoms with Crippen LogP contribution in [0.3, 0.4) is 0 Å². The van der Waals surface area contributed by atoms with Gasteiger partial charge in [0, 0.05) is 13.1 Å². The number of hydrogen-bond donors (Lipinski definition) is 1. The molecule has 0 atom stereocenters. The first kappa shape index (κ1) is 20.9. The Hall–Kier alpha value is -2.83. The summed E-state index contributed by atoms with van der Waals surface area (Å²) in [5.74, 6) is -1.43. The smallest absolute Gasteiger partial charge is 0.416 e. The molecule has 158 valence electrons. The van der Waals surface area contributed by atoms with Gasteiger partial charge in [-0.1, -0.05) is 5.21 Å². The monoisotopic (exact) mass is 424 g/mol. The van der Waals surface area contributed by atoms with E-state index >= 15 is 0 Å². The van der Waals surface area contributed by atoms with Gasteiger partial charge >= 0.3 is 18.3 Å². The van der Waals surface area contributed by atoms with E-state index < -0.39 is 41.7 Å². The molecule has 0 saturated carbocycles. The molecule has 1 fully saturated rings. The third-order valence-corrected chi connectivity index (χ3v) is 4.20. The lowest BCUT2D eigenvalue weighted by atomic mass is 10.0. The van der Waals surface area contributed by atoms with E-state index in [2.05, 4.69) is 10.3 Å². The quantitative estimate of drug-likeness (QED) is 0.761. The molecule has 0 spiro atoms. The zero-order valence-electron chi connectivity index (χ0n) is 14.6. The number of halogens is 6. The third kappa shape index (κ3) is 4.60. The Balaban J connectivity index is 2.04. The second-order valence-corrected chi connectivity index (χ2v) is 6.24. The number of carboxylic acids is 1. The van der Waals surface area contributed by atoms with Gasteiger partial charge in [0.05, 0.1) is 30.9 Å². The number of aromatic nitrogens is 3. The van der Waals surface area contributed by atoms with E-state index in [-0.39, 0.29) is 43.8 Å². The molecular formula is C16H14F6N4O3. The van der Waals surface area contributed by atoms with E-state index in [0.29, 0.717) is 12.1 Å². The Labute approximate surface area is 159 Å². The highest BCUT2D eigenvalue weighted by atomic mass is 19.4. The summed E-state index contributed by atoms with van der Waals surface area (Å²) in [6.07, 6.45) is -9.98. The van der Waals surface area contributed by atoms with E-state index in [1.165, 1.54) is 0 Å². The highest BCUT2D eigenvalue weighted by molar-refractivity contribution is 5.91. The van der Waals surface area contributed by atoms with Crippen molar-refractivity contribution in [1.29, 1.82) is 0 Å². The molecule has 29 heavy (non-hydrogen) atoms. The third-order valence-electron chi connectivity index (χ3n) is 4.20. The van der Waals surface area contributed by atoms with Crippen molar-refractivity contribution in [2.75, 3.05) is 31.2 Å². The van der Waals surface area contributed by atoms with Gasteiger partial charge in [-0.25, -0.2) is 9.48 Å². The van der Waals surface area contributed by atoms with Gasteiger partial charge in [-0.05, 0) is 23.8 Å². The molecule has 13 heteroatoms. The van der Waals surface area contributed by atoms with E-state index in [1.807, 2.05) is 0 Å². The van der Waals surface area contributed by atoms with Crippen molar-refractivity contribution in [1.82, 2.24) is 15.0 Å². The minimum Gasteiger partial charge on any atom is -0.476 e. The molecule has 1 aromatic carbocycles. The van der Waals surface area contributed by atoms with Crippen molar-refractivity contribution in [2.45, 2.75) is 18.9 Å². The van der Waals surface area contributed by atoms with Crippen LogP contribution in [0.5, 0.6) is 0 Å². The number of hydrogen-bond acceptors (Lipinski definition) is 5. The molecule has 0 aliphatic carbocycles. The normalized spacial score (nSPS) is 15.6. The Morgan fingerprint density at radius 3 is 2.07 bits per heavy atom. The molecule has 7 nitrogen and oxygen atoms in total. The van der Waals surface area contributed by atoms with Crippen LogP contribution in [0.2, 0.25) is 0 Å². The molecule has 1 aliphatic rings. The number of alkyl halides is 6. The highest BCUT2D eigenvalue weighted by Gasteiger charge is 2.37. The lowest BCUT2D eigenvalue weighted by molar-refractivity contribution is -0.143. The van der Waals surface area contributed by atoms with Crippen LogP contribution < -0.4 is 4.90 Å². The maximum absolute atomic E-state index is 13.1. The van der Waals surface area contributed by atoms with Crippen molar-refractivity contribution in [3.63, 3.8) is 0 Å². The largest absolute Gasteiger partial charge is 0.476 e. The van der Waals surface area contributed by atoms with Crippen LogP contribution >= 0.6 is 0 Å². The maximum atomic E-state index is 13.1. The number of ether oxygens (including phenoxy) is 1. The zero-order chi connectivity index (χ0) is 21.4. The number of nitrogens with zero attached hydrogens (tertiary/aromatic N) is 4. The van der Waals surface area contributed by atoms with Crippen LogP contribution in [0, 0.1) is 0 Å². The molecule has 0 bridgehead atoms. The molecule has 1 aromatic heterocycles. The maximum Gasteiger partial charge on any atom is 0.416 e. The summed E-state index contributed by atoms with van der Waals surface area (Å²) in [5, 5.41) is 16.5. The fourth-order valence-corrected chi connectivity index (χ4v) is 2.92. The number of carbonyl (C=O) groups is 1. The van der Waals surface area contributed by atoms with Gasteiger partial charge in [-0.3, -0.25) is 0 Å². The first-order valence-electron chi connectivity index (χ1n) is 8.24. The van der Waals surface area contributed by atoms with E-state index in [1.54, 1.807) is 4.90 Å². The van der Waals surface area contributed by atoms with Gasteiger partial charge < -0.3 is 14.7 Å². The van der Waals surface area contributed by atoms with Crippen LogP contribution in [0.4, 0.5) is 32.2 Å². The summed E-state index contributed by atoms with van der Waals surface area (Å²) in [6, 6.07) is 1.16. The SMILES string of the molecule is O=C(O)c1nnn(Cc2cc(C(F)(F)F)cc(C(F)(F)F)c2)c1N1CCOCC1. The molecule has 0 radical (unpaired) electrons. The Morgan fingerprint density at radius 1 is 1.03 bits per heavy atom. The predicted molar refractivity (Wildman–Crippen MR) is 85.6 cm³/mol. The lowest BCUT2D eigenvalue weighted by Crippen LogP contribution is -2.38. The fraction of sp³-hybridized carbons (Fsp3) is 0.438. The predicted octanol–water partition coefficient (Wildman–Crippen LogP) is 2.90. The summed E-state index contributed by atoms with van der Waals surface area (Å²) in [6.45, 7) is 0.548. The molecule has 1 saturated heterocycles. The van der Waals surface area contributed by atoms with E-state index in [9.17, 15) is 36.2 Å². The topological polar surface area (TPSA) is 80.5 Å². The van der Waals surface area contributed by atoms with Gasteiger partial charge in [0.1, 0.15) is 0 Å². The average Bonchev–Trinajstić information content (AvgIpc) is 3.04. The lowest BCUT2D eigenvalue weighted by Gasteiger charge is -2.29. The van der Waals surface area contributed by atoms with Crippen molar-refractivity contribution >= 4 is 11.8 Å². The molecule has 1 N–H and O–H groups in total. The van der Waals surface area contributed by atoms with Crippen LogP contribution in [0.1, 0.15) is 27.2 Å². The Morgan fingerprint density at radius 2 is 1.59 bits per heavy atom. The summed E-state index contributed by atoms with van der Waals surface area (Å²) >= 11 is 0. The number of anilines is 1. The molecule has 2 aromatic rings. The second kappa shape index (κ2) is 7.54. The summed E-state index contributed by atoms with van der Waals surface area (Å²) in [7, 11) is 0. The summed E-state index contributed by atoms with van der Waals surface area (Å²) < 4.78 is 84.5. The molecule has 1 aliphatic heterocycles. The average molecular weight is 424 g/mol. The first-order chi connectivity index (χ1) is 13.5. The molecule has 2 heterocycles. The Bertz CT molecular complexity index is 871. The standard InChI is InChI=1S/C16H14F6N4O3/c17-15(18,19)10-5-9(6-11(7-10)16(20,21)22)8-26-13(12(14(27)28)23-24-26)25-1-3-29-4-2-25/h5-7H,1-4,8H2,(H,27,28). The Kier molecular flexibility index (Phi) is 5.43. The number of rotatable bonds is 4. The molecule has 0 amide bonds. The van der Waals surface area contributed by atoms with Gasteiger partial charge in [0.15, 0.2) is 5.82 Å². The highest BCUT2D eigenvalue weighted by Crippen LogP contribution is 2.36. The van der Waals surface area contributed by atoms with Crippen molar-refractivity contribution in [3.05, 3.63) is 40.6 Å². The minimum absolute atomic E-state index is 0.00762. The molecule has 3 rings (SSSR count). The van der Waals surface area contributed by atoms with Crippen LogP contribution in [0.25, 0.3) is 0 Å². The van der Waals surface area contributed by atoms with Gasteiger partial charge in [-0.15, -0.1) is 5.10 Å². The summed E-state index contributed by atoms with van der Waals surface area (Å²) in [4.78, 5) is 13.0. The first-order valence-corrected chi connectivity index (χ1v) is 8.24. The van der Waals surface area contributed by atoms with Crippen LogP contribution in [-0.4, -0.2) is 52.4 Å². The second-order valence-electron chi connectivity index (χ2n) is 6.24. The van der Waals surface area contributed by atoms with Crippen molar-refractivity contribution < 1.29 is 41.0 Å². The van der Waals surface area contributed by atoms with Crippen LogP contribution in [-0.2, 0) is 23.6 Å².